The van der Waals surface area contributed by atoms with E-state index in [1.165, 1.54) is 12.1 Å². The number of sulfone groups is 1. The second-order valence-corrected chi connectivity index (χ2v) is 9.11. The van der Waals surface area contributed by atoms with Crippen LogP contribution in [-0.4, -0.2) is 42.2 Å². The fourth-order valence-corrected chi connectivity index (χ4v) is 4.90. The number of hydrogen-bond donors (Lipinski definition) is 3. The molecule has 9 heteroatoms. The van der Waals surface area contributed by atoms with Gasteiger partial charge >= 0.3 is 5.97 Å². The van der Waals surface area contributed by atoms with Crippen LogP contribution in [0.2, 0.25) is 0 Å². The number of amides is 1. The summed E-state index contributed by atoms with van der Waals surface area (Å²) in [7, 11) is -3.34. The number of nitrogens with one attached hydrogen (secondary N) is 2. The van der Waals surface area contributed by atoms with Crippen LogP contribution >= 0.6 is 0 Å². The fourth-order valence-electron chi connectivity index (χ4n) is 3.66. The summed E-state index contributed by atoms with van der Waals surface area (Å²) in [5.41, 5.74) is 0.0410. The monoisotopic (exact) mass is 402 g/mol. The van der Waals surface area contributed by atoms with Crippen LogP contribution in [0.4, 0.5) is 0 Å². The lowest BCUT2D eigenvalue weighted by Crippen LogP contribution is -2.38. The van der Waals surface area contributed by atoms with Gasteiger partial charge < -0.3 is 15.4 Å². The zero-order chi connectivity index (χ0) is 20.1. The third-order valence-corrected chi connectivity index (χ3v) is 6.70. The van der Waals surface area contributed by atoms with E-state index < -0.39 is 33.3 Å². The van der Waals surface area contributed by atoms with Crippen molar-refractivity contribution in [1.29, 1.82) is 0 Å². The van der Waals surface area contributed by atoms with E-state index >= 15 is 0 Å². The van der Waals surface area contributed by atoms with Gasteiger partial charge in [0.15, 0.2) is 9.84 Å². The van der Waals surface area contributed by atoms with Gasteiger partial charge in [0, 0.05) is 5.41 Å². The van der Waals surface area contributed by atoms with Gasteiger partial charge in [-0.2, -0.15) is 0 Å². The summed E-state index contributed by atoms with van der Waals surface area (Å²) >= 11 is 0. The van der Waals surface area contributed by atoms with Gasteiger partial charge in [0.25, 0.3) is 11.5 Å². The maximum absolute atomic E-state index is 12.5. The quantitative estimate of drug-likeness (QED) is 0.710. The molecule has 1 atom stereocenters. The number of H-pyrrole nitrogens is 1. The van der Waals surface area contributed by atoms with Crippen molar-refractivity contribution in [3.05, 3.63) is 56.7 Å². The number of carbonyl (C=O) groups is 2. The molecule has 28 heavy (non-hydrogen) atoms. The zero-order valence-corrected chi connectivity index (χ0v) is 15.6. The number of hydrogen-bond acceptors (Lipinski definition) is 5. The van der Waals surface area contributed by atoms with Crippen molar-refractivity contribution in [3.8, 4) is 0 Å². The lowest BCUT2D eigenvalue weighted by molar-refractivity contribution is 0.0696. The number of carbonyl (C=O) groups excluding carboxylic acids is 1. The number of rotatable bonds is 4. The molecule has 0 saturated heterocycles. The molecule has 3 N–H and O–H groups in total. The average molecular weight is 402 g/mol. The van der Waals surface area contributed by atoms with E-state index in [-0.39, 0.29) is 28.3 Å². The highest BCUT2D eigenvalue weighted by atomic mass is 32.2. The molecule has 1 aromatic carbocycles. The van der Waals surface area contributed by atoms with Gasteiger partial charge in [-0.3, -0.25) is 9.59 Å². The number of aromatic carboxylic acids is 1. The molecule has 1 aromatic heterocycles. The lowest BCUT2D eigenvalue weighted by atomic mass is 9.77. The standard InChI is InChI=1S/C19H18N2O6S/c22-17(20-12-6-7-28(26,27)9-12)14-8-11-4-5-13(10-2-1-3-10)15(19(24)25)16(11)21-18(14)23/h4-8,10,12H,1-3,9H2,(H,20,22)(H,21,23)(H,24,25). The van der Waals surface area contributed by atoms with E-state index in [2.05, 4.69) is 10.3 Å². The molecule has 1 unspecified atom stereocenters. The lowest BCUT2D eigenvalue weighted by Gasteiger charge is -2.27. The van der Waals surface area contributed by atoms with Gasteiger partial charge in [0.2, 0.25) is 0 Å². The van der Waals surface area contributed by atoms with Crippen LogP contribution in [0.15, 0.2) is 34.5 Å². The topological polar surface area (TPSA) is 133 Å². The Morgan fingerprint density at radius 3 is 2.54 bits per heavy atom. The van der Waals surface area contributed by atoms with Crippen LogP contribution in [0.1, 0.15) is 51.5 Å². The van der Waals surface area contributed by atoms with Gasteiger partial charge in [-0.15, -0.1) is 0 Å². The Kier molecular flexibility index (Phi) is 4.34. The number of fused-ring (bicyclic) bond motifs is 1. The van der Waals surface area contributed by atoms with E-state index in [1.54, 1.807) is 12.1 Å². The van der Waals surface area contributed by atoms with Crippen LogP contribution < -0.4 is 10.9 Å². The largest absolute Gasteiger partial charge is 0.478 e. The van der Waals surface area contributed by atoms with E-state index in [4.69, 9.17) is 0 Å². The Bertz CT molecular complexity index is 1190. The van der Waals surface area contributed by atoms with Gasteiger partial charge in [-0.05, 0) is 41.9 Å². The molecule has 0 radical (unpaired) electrons. The number of carboxylic acids is 1. The maximum Gasteiger partial charge on any atom is 0.338 e. The molecular formula is C19H18N2O6S. The molecule has 1 fully saturated rings. The molecule has 2 heterocycles. The molecule has 1 aliphatic heterocycles. The first-order chi connectivity index (χ1) is 13.2. The highest BCUT2D eigenvalue weighted by Crippen LogP contribution is 2.39. The van der Waals surface area contributed by atoms with Crippen molar-refractivity contribution in [3.63, 3.8) is 0 Å². The molecule has 1 saturated carbocycles. The summed E-state index contributed by atoms with van der Waals surface area (Å²) in [4.78, 5) is 39.3. The van der Waals surface area contributed by atoms with Gasteiger partial charge in [0.1, 0.15) is 5.56 Å². The third kappa shape index (κ3) is 3.22. The highest BCUT2D eigenvalue weighted by Gasteiger charge is 2.28. The number of pyridine rings is 1. The normalized spacial score (nSPS) is 20.8. The molecule has 8 nitrogen and oxygen atoms in total. The minimum atomic E-state index is -3.34. The molecule has 1 amide bonds. The number of benzene rings is 1. The highest BCUT2D eigenvalue weighted by molar-refractivity contribution is 7.94. The first-order valence-corrected chi connectivity index (χ1v) is 10.6. The second-order valence-electron chi connectivity index (χ2n) is 7.18. The predicted molar refractivity (Wildman–Crippen MR) is 102 cm³/mol. The van der Waals surface area contributed by atoms with Gasteiger partial charge in [0.05, 0.1) is 22.9 Å². The molecule has 0 spiro atoms. The van der Waals surface area contributed by atoms with Gasteiger partial charge in [-0.25, -0.2) is 13.2 Å². The van der Waals surface area contributed by atoms with Crippen molar-refractivity contribution in [2.24, 2.45) is 0 Å². The summed E-state index contributed by atoms with van der Waals surface area (Å²) < 4.78 is 22.9. The molecule has 4 rings (SSSR count). The third-order valence-electron chi connectivity index (χ3n) is 5.30. The van der Waals surface area contributed by atoms with Crippen LogP contribution in [0.25, 0.3) is 10.9 Å². The minimum Gasteiger partial charge on any atom is -0.478 e. The van der Waals surface area contributed by atoms with Crippen LogP contribution in [0, 0.1) is 0 Å². The van der Waals surface area contributed by atoms with E-state index in [9.17, 15) is 27.9 Å². The molecule has 146 valence electrons. The van der Waals surface area contributed by atoms with E-state index in [1.807, 2.05) is 0 Å². The van der Waals surface area contributed by atoms with Crippen LogP contribution in [0.3, 0.4) is 0 Å². The van der Waals surface area contributed by atoms with Crippen molar-refractivity contribution < 1.29 is 23.1 Å². The molecule has 2 aliphatic rings. The van der Waals surface area contributed by atoms with E-state index in [0.717, 1.165) is 24.7 Å². The summed E-state index contributed by atoms with van der Waals surface area (Å²) in [6.07, 6.45) is 4.22. The first-order valence-electron chi connectivity index (χ1n) is 8.90. The SMILES string of the molecule is O=C(NC1C=CS(=O)(=O)C1)c1cc2ccc(C3CCC3)c(C(=O)O)c2[nH]c1=O. The minimum absolute atomic E-state index is 0.0658. The fraction of sp³-hybridized carbons (Fsp3) is 0.316. The molecule has 0 bridgehead atoms. The number of aromatic amines is 1. The van der Waals surface area contributed by atoms with Gasteiger partial charge in [-0.1, -0.05) is 18.6 Å². The Labute approximate surface area is 160 Å². The average Bonchev–Trinajstić information content (AvgIpc) is 2.90. The van der Waals surface area contributed by atoms with E-state index in [0.29, 0.717) is 10.9 Å². The molecular weight excluding hydrogens is 384 g/mol. The van der Waals surface area contributed by atoms with Crippen molar-refractivity contribution >= 4 is 32.6 Å². The zero-order valence-electron chi connectivity index (χ0n) is 14.8. The number of aromatic nitrogens is 1. The van der Waals surface area contributed by atoms with Crippen molar-refractivity contribution in [1.82, 2.24) is 10.3 Å². The smallest absolute Gasteiger partial charge is 0.338 e. The summed E-state index contributed by atoms with van der Waals surface area (Å²) in [5, 5.41) is 13.6. The number of carboxylic acid groups (broad SMARTS) is 1. The molecule has 1 aliphatic carbocycles. The summed E-state index contributed by atoms with van der Waals surface area (Å²) in [6.45, 7) is 0. The Morgan fingerprint density at radius 1 is 1.21 bits per heavy atom. The van der Waals surface area contributed by atoms with Crippen LogP contribution in [0.5, 0.6) is 0 Å². The Balaban J connectivity index is 1.73. The van der Waals surface area contributed by atoms with Crippen LogP contribution in [-0.2, 0) is 9.84 Å². The molecule has 2 aromatic rings. The summed E-state index contributed by atoms with van der Waals surface area (Å²) in [5.74, 6) is -1.92. The second kappa shape index (κ2) is 6.59. The maximum atomic E-state index is 12.5. The predicted octanol–water partition coefficient (Wildman–Crippen LogP) is 1.53. The first kappa shape index (κ1) is 18.4. The van der Waals surface area contributed by atoms with Crippen molar-refractivity contribution in [2.45, 2.75) is 31.2 Å². The Hall–Kier alpha value is -2.94. The Morgan fingerprint density at radius 2 is 1.96 bits per heavy atom. The van der Waals surface area contributed by atoms with Crippen molar-refractivity contribution in [2.75, 3.05) is 5.75 Å². The summed E-state index contributed by atoms with van der Waals surface area (Å²) in [6, 6.07) is 4.07.